The molecule has 6 heteroatoms. The first kappa shape index (κ1) is 19.5. The Hall–Kier alpha value is -1.85. The number of likely N-dealkylation sites (tertiary alicyclic amines) is 2. The number of oxazole rings is 1. The smallest absolute Gasteiger partial charge is 0.226 e. The maximum atomic E-state index is 11.9. The maximum Gasteiger partial charge on any atom is 0.226 e. The zero-order valence-corrected chi connectivity index (χ0v) is 17.2. The Bertz CT molecular complexity index is 818. The predicted octanol–water partition coefficient (Wildman–Crippen LogP) is 4.67. The summed E-state index contributed by atoms with van der Waals surface area (Å²) < 4.78 is 5.94. The Morgan fingerprint density at radius 1 is 1.18 bits per heavy atom. The van der Waals surface area contributed by atoms with Gasteiger partial charge in [-0.2, -0.15) is 0 Å². The number of amides is 1. The maximum absolute atomic E-state index is 11.9. The van der Waals surface area contributed by atoms with Gasteiger partial charge >= 0.3 is 0 Å². The monoisotopic (exact) mass is 401 g/mol. The SMILES string of the molecule is Cc1oc(-c2ccc(Cl)cc2)nc1CN1CCCC[C@@H]1CCN1CCCC1=O. The number of hydrogen-bond donors (Lipinski definition) is 0. The van der Waals surface area contributed by atoms with Crippen molar-refractivity contribution in [1.29, 1.82) is 0 Å². The molecule has 150 valence electrons. The third-order valence-electron chi connectivity index (χ3n) is 5.99. The van der Waals surface area contributed by atoms with Crippen LogP contribution in [0.1, 0.15) is 50.0 Å². The topological polar surface area (TPSA) is 49.6 Å². The number of benzene rings is 1. The highest BCUT2D eigenvalue weighted by molar-refractivity contribution is 6.30. The van der Waals surface area contributed by atoms with E-state index in [0.717, 1.165) is 62.5 Å². The number of aryl methyl sites for hydroxylation is 1. The third kappa shape index (κ3) is 4.41. The molecule has 4 rings (SSSR count). The zero-order valence-electron chi connectivity index (χ0n) is 16.5. The lowest BCUT2D eigenvalue weighted by atomic mass is 9.98. The van der Waals surface area contributed by atoms with Crippen molar-refractivity contribution in [2.45, 2.75) is 58.0 Å². The molecule has 3 heterocycles. The lowest BCUT2D eigenvalue weighted by Gasteiger charge is -2.36. The first-order valence-electron chi connectivity index (χ1n) is 10.3. The summed E-state index contributed by atoms with van der Waals surface area (Å²) in [7, 11) is 0. The molecule has 0 saturated carbocycles. The molecular weight excluding hydrogens is 374 g/mol. The van der Waals surface area contributed by atoms with E-state index in [2.05, 4.69) is 4.90 Å². The van der Waals surface area contributed by atoms with Crippen LogP contribution in [0.3, 0.4) is 0 Å². The van der Waals surface area contributed by atoms with Crippen LogP contribution in [0, 0.1) is 6.92 Å². The minimum Gasteiger partial charge on any atom is -0.441 e. The molecule has 1 aromatic carbocycles. The number of nitrogens with zero attached hydrogens (tertiary/aromatic N) is 3. The number of aromatic nitrogens is 1. The fourth-order valence-corrected chi connectivity index (χ4v) is 4.45. The van der Waals surface area contributed by atoms with E-state index >= 15 is 0 Å². The molecule has 28 heavy (non-hydrogen) atoms. The number of hydrogen-bond acceptors (Lipinski definition) is 4. The van der Waals surface area contributed by atoms with Gasteiger partial charge in [-0.3, -0.25) is 9.69 Å². The van der Waals surface area contributed by atoms with Crippen molar-refractivity contribution in [3.05, 3.63) is 40.7 Å². The molecule has 2 saturated heterocycles. The molecule has 2 aromatic rings. The van der Waals surface area contributed by atoms with Gasteiger partial charge in [-0.1, -0.05) is 18.0 Å². The molecule has 0 aliphatic carbocycles. The summed E-state index contributed by atoms with van der Waals surface area (Å²) in [6, 6.07) is 8.10. The van der Waals surface area contributed by atoms with Crippen LogP contribution in [0.4, 0.5) is 0 Å². The Balaban J connectivity index is 1.42. The van der Waals surface area contributed by atoms with Crippen LogP contribution in [-0.4, -0.2) is 46.4 Å². The zero-order chi connectivity index (χ0) is 19.5. The molecule has 0 N–H and O–H groups in total. The minimum atomic E-state index is 0.322. The Morgan fingerprint density at radius 2 is 2.00 bits per heavy atom. The van der Waals surface area contributed by atoms with Gasteiger partial charge in [0.15, 0.2) is 0 Å². The van der Waals surface area contributed by atoms with E-state index in [9.17, 15) is 4.79 Å². The first-order valence-corrected chi connectivity index (χ1v) is 10.7. The molecule has 1 atom stereocenters. The van der Waals surface area contributed by atoms with E-state index in [4.69, 9.17) is 21.0 Å². The Morgan fingerprint density at radius 3 is 2.75 bits per heavy atom. The van der Waals surface area contributed by atoms with Crippen molar-refractivity contribution in [2.75, 3.05) is 19.6 Å². The molecule has 2 fully saturated rings. The van der Waals surface area contributed by atoms with Crippen LogP contribution in [0.25, 0.3) is 11.5 Å². The van der Waals surface area contributed by atoms with Crippen LogP contribution < -0.4 is 0 Å². The highest BCUT2D eigenvalue weighted by Gasteiger charge is 2.27. The molecule has 0 unspecified atom stereocenters. The van der Waals surface area contributed by atoms with Gasteiger partial charge in [0.2, 0.25) is 11.8 Å². The largest absolute Gasteiger partial charge is 0.441 e. The molecule has 0 bridgehead atoms. The van der Waals surface area contributed by atoms with E-state index in [0.29, 0.717) is 22.9 Å². The van der Waals surface area contributed by atoms with E-state index in [1.165, 1.54) is 19.3 Å². The number of carbonyl (C=O) groups is 1. The van der Waals surface area contributed by atoms with Gasteiger partial charge in [0.25, 0.3) is 0 Å². The summed E-state index contributed by atoms with van der Waals surface area (Å²) in [5.41, 5.74) is 1.95. The molecule has 2 aliphatic rings. The molecule has 5 nitrogen and oxygen atoms in total. The average Bonchev–Trinajstić information content (AvgIpc) is 3.27. The van der Waals surface area contributed by atoms with Crippen molar-refractivity contribution < 1.29 is 9.21 Å². The molecule has 0 radical (unpaired) electrons. The highest BCUT2D eigenvalue weighted by Crippen LogP contribution is 2.27. The molecule has 2 aliphatic heterocycles. The fraction of sp³-hybridized carbons (Fsp3) is 0.545. The van der Waals surface area contributed by atoms with Gasteiger partial charge in [-0.15, -0.1) is 0 Å². The van der Waals surface area contributed by atoms with Crippen LogP contribution in [-0.2, 0) is 11.3 Å². The molecule has 1 amide bonds. The van der Waals surface area contributed by atoms with Gasteiger partial charge in [-0.25, -0.2) is 4.98 Å². The fourth-order valence-electron chi connectivity index (χ4n) is 4.32. The molecular formula is C22H28ClN3O2. The second-order valence-electron chi connectivity index (χ2n) is 7.92. The van der Waals surface area contributed by atoms with Crippen molar-refractivity contribution >= 4 is 17.5 Å². The summed E-state index contributed by atoms with van der Waals surface area (Å²) in [4.78, 5) is 21.2. The van der Waals surface area contributed by atoms with Crippen LogP contribution >= 0.6 is 11.6 Å². The first-order chi connectivity index (χ1) is 13.6. The summed E-state index contributed by atoms with van der Waals surface area (Å²) in [6.45, 7) is 5.69. The summed E-state index contributed by atoms with van der Waals surface area (Å²) >= 11 is 5.98. The third-order valence-corrected chi connectivity index (χ3v) is 6.24. The lowest BCUT2D eigenvalue weighted by Crippen LogP contribution is -2.41. The van der Waals surface area contributed by atoms with Crippen molar-refractivity contribution in [3.8, 4) is 11.5 Å². The summed E-state index contributed by atoms with van der Waals surface area (Å²) in [5, 5.41) is 0.708. The second-order valence-corrected chi connectivity index (χ2v) is 8.36. The van der Waals surface area contributed by atoms with Crippen molar-refractivity contribution in [3.63, 3.8) is 0 Å². The van der Waals surface area contributed by atoms with E-state index in [1.807, 2.05) is 36.1 Å². The van der Waals surface area contributed by atoms with Crippen molar-refractivity contribution in [2.24, 2.45) is 0 Å². The summed E-state index contributed by atoms with van der Waals surface area (Å²) in [5.74, 6) is 1.85. The average molecular weight is 402 g/mol. The van der Waals surface area contributed by atoms with Gasteiger partial charge < -0.3 is 9.32 Å². The normalized spacial score (nSPS) is 20.9. The minimum absolute atomic E-state index is 0.322. The van der Waals surface area contributed by atoms with Gasteiger partial charge in [0.05, 0.1) is 5.69 Å². The number of halogens is 1. The molecule has 0 spiro atoms. The van der Waals surface area contributed by atoms with Gasteiger partial charge in [-0.05, 0) is 63.4 Å². The number of rotatable bonds is 6. The number of piperidine rings is 1. The van der Waals surface area contributed by atoms with Gasteiger partial charge in [0.1, 0.15) is 5.76 Å². The second kappa shape index (κ2) is 8.66. The van der Waals surface area contributed by atoms with E-state index in [1.54, 1.807) is 0 Å². The Kier molecular flexibility index (Phi) is 6.02. The lowest BCUT2D eigenvalue weighted by molar-refractivity contribution is -0.127. The van der Waals surface area contributed by atoms with E-state index in [-0.39, 0.29) is 0 Å². The van der Waals surface area contributed by atoms with E-state index < -0.39 is 0 Å². The van der Waals surface area contributed by atoms with Crippen LogP contribution in [0.2, 0.25) is 5.02 Å². The molecule has 1 aromatic heterocycles. The number of carbonyl (C=O) groups excluding carboxylic acids is 1. The highest BCUT2D eigenvalue weighted by atomic mass is 35.5. The summed E-state index contributed by atoms with van der Waals surface area (Å²) in [6.07, 6.45) is 6.47. The standard InChI is InChI=1S/C22H28ClN3O2/c1-16-20(24-22(28-16)17-7-9-18(23)10-8-17)15-26-12-3-2-5-19(26)11-14-25-13-4-6-21(25)27/h7-10,19H,2-6,11-15H2,1H3/t19-/m1/s1. The predicted molar refractivity (Wildman–Crippen MR) is 110 cm³/mol. The van der Waals surface area contributed by atoms with Gasteiger partial charge in [0, 0.05) is 42.7 Å². The van der Waals surface area contributed by atoms with Crippen LogP contribution in [0.15, 0.2) is 28.7 Å². The van der Waals surface area contributed by atoms with Crippen LogP contribution in [0.5, 0.6) is 0 Å². The Labute approximate surface area is 171 Å². The quantitative estimate of drug-likeness (QED) is 0.705. The van der Waals surface area contributed by atoms with Crippen molar-refractivity contribution in [1.82, 2.24) is 14.8 Å².